The van der Waals surface area contributed by atoms with Crippen LogP contribution in [0.5, 0.6) is 0 Å². The van der Waals surface area contributed by atoms with Crippen molar-refractivity contribution in [1.82, 2.24) is 5.32 Å². The van der Waals surface area contributed by atoms with E-state index in [1.54, 1.807) is 0 Å². The lowest BCUT2D eigenvalue weighted by molar-refractivity contribution is 0.489. The van der Waals surface area contributed by atoms with Gasteiger partial charge in [0.2, 0.25) is 0 Å². The number of allylic oxidation sites excluding steroid dienone is 1. The van der Waals surface area contributed by atoms with E-state index in [0.29, 0.717) is 0 Å². The Hall–Kier alpha value is -0.300. The molecule has 2 aliphatic rings. The van der Waals surface area contributed by atoms with Gasteiger partial charge in [-0.05, 0) is 31.7 Å². The summed E-state index contributed by atoms with van der Waals surface area (Å²) in [6, 6.07) is 0.792. The predicted molar refractivity (Wildman–Crippen MR) is 38.2 cm³/mol. The third-order valence-electron chi connectivity index (χ3n) is 2.65. The van der Waals surface area contributed by atoms with Crippen molar-refractivity contribution in [1.29, 1.82) is 0 Å². The van der Waals surface area contributed by atoms with Crippen LogP contribution in [0.25, 0.3) is 0 Å². The Labute approximate surface area is 56.1 Å². The van der Waals surface area contributed by atoms with Gasteiger partial charge in [-0.2, -0.15) is 0 Å². The maximum atomic E-state index is 3.34. The predicted octanol–water partition coefficient (Wildman–Crippen LogP) is 1.17. The van der Waals surface area contributed by atoms with Crippen molar-refractivity contribution in [2.45, 2.75) is 18.9 Å². The lowest BCUT2D eigenvalue weighted by Crippen LogP contribution is -2.28. The van der Waals surface area contributed by atoms with E-state index in [9.17, 15) is 0 Å². The molecule has 1 nitrogen and oxygen atoms in total. The maximum absolute atomic E-state index is 3.34. The molecule has 1 heteroatoms. The summed E-state index contributed by atoms with van der Waals surface area (Å²) in [6.07, 6.45) is 7.52. The Bertz CT molecular complexity index is 140. The van der Waals surface area contributed by atoms with Crippen LogP contribution in [-0.2, 0) is 0 Å². The SMILES string of the molecule is CN[C@@H]1C[C@H]2C=C[C@@H]1C2. The average molecular weight is 123 g/mol. The van der Waals surface area contributed by atoms with Gasteiger partial charge >= 0.3 is 0 Å². The van der Waals surface area contributed by atoms with Crippen LogP contribution >= 0.6 is 0 Å². The van der Waals surface area contributed by atoms with Crippen LogP contribution < -0.4 is 5.32 Å². The van der Waals surface area contributed by atoms with E-state index in [4.69, 9.17) is 0 Å². The minimum Gasteiger partial charge on any atom is -0.316 e. The maximum Gasteiger partial charge on any atom is 0.0133 e. The molecule has 2 bridgehead atoms. The van der Waals surface area contributed by atoms with E-state index in [2.05, 4.69) is 24.5 Å². The fourth-order valence-electron chi connectivity index (χ4n) is 2.11. The molecule has 0 aliphatic heterocycles. The summed E-state index contributed by atoms with van der Waals surface area (Å²) in [7, 11) is 2.07. The van der Waals surface area contributed by atoms with Crippen LogP contribution in [0.4, 0.5) is 0 Å². The molecule has 0 amide bonds. The normalized spacial score (nSPS) is 46.6. The highest BCUT2D eigenvalue weighted by Gasteiger charge is 2.34. The zero-order chi connectivity index (χ0) is 6.27. The van der Waals surface area contributed by atoms with Crippen molar-refractivity contribution in [2.75, 3.05) is 7.05 Å². The quantitative estimate of drug-likeness (QED) is 0.516. The lowest BCUT2D eigenvalue weighted by Gasteiger charge is -2.15. The molecule has 9 heavy (non-hydrogen) atoms. The highest BCUT2D eigenvalue weighted by Crippen LogP contribution is 2.38. The second kappa shape index (κ2) is 1.84. The molecule has 50 valence electrons. The van der Waals surface area contributed by atoms with Crippen molar-refractivity contribution in [3.63, 3.8) is 0 Å². The van der Waals surface area contributed by atoms with Crippen LogP contribution in [0.15, 0.2) is 12.2 Å². The van der Waals surface area contributed by atoms with Gasteiger partial charge in [-0.1, -0.05) is 12.2 Å². The standard InChI is InChI=1S/C8H13N/c1-9-8-5-6-2-3-7(8)4-6/h2-3,6-9H,4-5H2,1H3/t6-,7+,8+/m0/s1. The number of nitrogens with one attached hydrogen (secondary N) is 1. The summed E-state index contributed by atoms with van der Waals surface area (Å²) in [5.74, 6) is 1.77. The largest absolute Gasteiger partial charge is 0.316 e. The van der Waals surface area contributed by atoms with Gasteiger partial charge in [0.25, 0.3) is 0 Å². The Morgan fingerprint density at radius 1 is 1.33 bits per heavy atom. The molecule has 0 radical (unpaired) electrons. The van der Waals surface area contributed by atoms with Gasteiger partial charge in [-0.3, -0.25) is 0 Å². The van der Waals surface area contributed by atoms with Crippen LogP contribution in [-0.4, -0.2) is 13.1 Å². The molecule has 0 aromatic rings. The molecule has 0 aromatic heterocycles. The summed E-state index contributed by atoms with van der Waals surface area (Å²) in [5.41, 5.74) is 0. The molecule has 3 atom stereocenters. The van der Waals surface area contributed by atoms with Gasteiger partial charge in [-0.15, -0.1) is 0 Å². The van der Waals surface area contributed by atoms with E-state index in [0.717, 1.165) is 17.9 Å². The summed E-state index contributed by atoms with van der Waals surface area (Å²) in [6.45, 7) is 0. The summed E-state index contributed by atoms with van der Waals surface area (Å²) < 4.78 is 0. The Kier molecular flexibility index (Phi) is 1.12. The molecule has 1 fully saturated rings. The zero-order valence-electron chi connectivity index (χ0n) is 5.80. The number of rotatable bonds is 1. The molecule has 1 saturated carbocycles. The van der Waals surface area contributed by atoms with Gasteiger partial charge < -0.3 is 5.32 Å². The van der Waals surface area contributed by atoms with Gasteiger partial charge in [0.1, 0.15) is 0 Å². The smallest absolute Gasteiger partial charge is 0.0133 e. The molecule has 1 N–H and O–H groups in total. The fraction of sp³-hybridized carbons (Fsp3) is 0.750. The third kappa shape index (κ3) is 0.715. The van der Waals surface area contributed by atoms with Gasteiger partial charge in [0, 0.05) is 6.04 Å². The van der Waals surface area contributed by atoms with Gasteiger partial charge in [0.15, 0.2) is 0 Å². The first-order valence-electron chi connectivity index (χ1n) is 3.76. The topological polar surface area (TPSA) is 12.0 Å². The second-order valence-electron chi connectivity index (χ2n) is 3.18. The highest BCUT2D eigenvalue weighted by molar-refractivity contribution is 5.12. The van der Waals surface area contributed by atoms with E-state index in [-0.39, 0.29) is 0 Å². The first-order chi connectivity index (χ1) is 4.40. The first kappa shape index (κ1) is 5.48. The van der Waals surface area contributed by atoms with E-state index in [1.165, 1.54) is 12.8 Å². The average Bonchev–Trinajstić information content (AvgIpc) is 2.45. The minimum absolute atomic E-state index is 0.792. The van der Waals surface area contributed by atoms with Crippen molar-refractivity contribution < 1.29 is 0 Å². The minimum atomic E-state index is 0.792. The molecule has 0 unspecified atom stereocenters. The molecule has 2 aliphatic carbocycles. The van der Waals surface area contributed by atoms with Crippen LogP contribution in [0.3, 0.4) is 0 Å². The monoisotopic (exact) mass is 123 g/mol. The number of hydrogen-bond donors (Lipinski definition) is 1. The summed E-state index contributed by atoms with van der Waals surface area (Å²) in [5, 5.41) is 3.34. The molecular formula is C8H13N. The highest BCUT2D eigenvalue weighted by atomic mass is 14.9. The summed E-state index contributed by atoms with van der Waals surface area (Å²) >= 11 is 0. The third-order valence-corrected chi connectivity index (χ3v) is 2.65. The Morgan fingerprint density at radius 3 is 2.56 bits per heavy atom. The molecule has 0 spiro atoms. The first-order valence-corrected chi connectivity index (χ1v) is 3.76. The summed E-state index contributed by atoms with van der Waals surface area (Å²) in [4.78, 5) is 0. The number of fused-ring (bicyclic) bond motifs is 2. The Morgan fingerprint density at radius 2 is 2.22 bits per heavy atom. The van der Waals surface area contributed by atoms with Gasteiger partial charge in [0.05, 0.1) is 0 Å². The van der Waals surface area contributed by atoms with Crippen LogP contribution in [0.2, 0.25) is 0 Å². The molecule has 0 aromatic carbocycles. The van der Waals surface area contributed by atoms with Crippen molar-refractivity contribution in [3.8, 4) is 0 Å². The van der Waals surface area contributed by atoms with Crippen LogP contribution in [0, 0.1) is 11.8 Å². The molecule has 0 saturated heterocycles. The van der Waals surface area contributed by atoms with Crippen molar-refractivity contribution >= 4 is 0 Å². The lowest BCUT2D eigenvalue weighted by atomic mass is 10.0. The van der Waals surface area contributed by atoms with Crippen molar-refractivity contribution in [3.05, 3.63) is 12.2 Å². The molecular weight excluding hydrogens is 110 g/mol. The van der Waals surface area contributed by atoms with Crippen LogP contribution in [0.1, 0.15) is 12.8 Å². The Balaban J connectivity index is 2.10. The van der Waals surface area contributed by atoms with E-state index >= 15 is 0 Å². The molecule has 2 rings (SSSR count). The van der Waals surface area contributed by atoms with E-state index < -0.39 is 0 Å². The second-order valence-corrected chi connectivity index (χ2v) is 3.18. The van der Waals surface area contributed by atoms with Gasteiger partial charge in [-0.25, -0.2) is 0 Å². The van der Waals surface area contributed by atoms with E-state index in [1.807, 2.05) is 0 Å². The molecule has 0 heterocycles. The van der Waals surface area contributed by atoms with Crippen molar-refractivity contribution in [2.24, 2.45) is 11.8 Å². The number of hydrogen-bond acceptors (Lipinski definition) is 1. The zero-order valence-corrected chi connectivity index (χ0v) is 5.80. The fourth-order valence-corrected chi connectivity index (χ4v) is 2.11.